The molecule has 0 atom stereocenters. The lowest BCUT2D eigenvalue weighted by Crippen LogP contribution is -2.08. The smallest absolute Gasteiger partial charge is 0.169 e. The van der Waals surface area contributed by atoms with Gasteiger partial charge in [-0.15, -0.1) is 12.4 Å². The van der Waals surface area contributed by atoms with E-state index in [1.807, 2.05) is 13.8 Å². The zero-order valence-electron chi connectivity index (χ0n) is 8.59. The molecule has 0 saturated carbocycles. The van der Waals surface area contributed by atoms with Crippen molar-refractivity contribution in [1.82, 2.24) is 0 Å². The van der Waals surface area contributed by atoms with E-state index in [9.17, 15) is 4.39 Å². The summed E-state index contributed by atoms with van der Waals surface area (Å²) in [5.41, 5.74) is 6.15. The predicted molar refractivity (Wildman–Crippen MR) is 65.0 cm³/mol. The summed E-state index contributed by atoms with van der Waals surface area (Å²) in [5, 5.41) is 0. The summed E-state index contributed by atoms with van der Waals surface area (Å²) in [4.78, 5) is 0. The molecule has 2 N–H and O–H groups in total. The second-order valence-corrected chi connectivity index (χ2v) is 4.11. The second-order valence-electron chi connectivity index (χ2n) is 3.26. The van der Waals surface area contributed by atoms with Crippen molar-refractivity contribution in [2.24, 2.45) is 5.73 Å². The Labute approximate surface area is 104 Å². The molecular formula is C10H14BrClFNO. The highest BCUT2D eigenvalue weighted by Crippen LogP contribution is 2.30. The number of nitrogens with two attached hydrogens (primary N) is 1. The molecule has 86 valence electrons. The van der Waals surface area contributed by atoms with E-state index in [1.54, 1.807) is 6.07 Å². The van der Waals surface area contributed by atoms with Gasteiger partial charge in [0.15, 0.2) is 11.6 Å². The largest absolute Gasteiger partial charge is 0.487 e. The molecule has 0 heterocycles. The first-order chi connectivity index (χ1) is 6.54. The van der Waals surface area contributed by atoms with Gasteiger partial charge < -0.3 is 10.5 Å². The lowest BCUT2D eigenvalue weighted by Gasteiger charge is -2.13. The Balaban J connectivity index is 0.00000196. The Morgan fingerprint density at radius 1 is 1.47 bits per heavy atom. The van der Waals surface area contributed by atoms with E-state index in [4.69, 9.17) is 10.5 Å². The molecule has 1 aromatic carbocycles. The summed E-state index contributed by atoms with van der Waals surface area (Å²) in [5.74, 6) is -0.134. The summed E-state index contributed by atoms with van der Waals surface area (Å²) in [6.07, 6.45) is -0.0514. The van der Waals surface area contributed by atoms with Gasteiger partial charge in [-0.2, -0.15) is 0 Å². The highest BCUT2D eigenvalue weighted by molar-refractivity contribution is 9.10. The molecule has 2 nitrogen and oxygen atoms in total. The minimum atomic E-state index is -0.381. The summed E-state index contributed by atoms with van der Waals surface area (Å²) >= 11 is 3.25. The molecule has 0 aliphatic heterocycles. The van der Waals surface area contributed by atoms with E-state index in [1.165, 1.54) is 6.07 Å². The SMILES string of the molecule is CC(C)Oc1c(F)cc(CN)cc1Br.Cl. The van der Waals surface area contributed by atoms with Crippen LogP contribution in [0.15, 0.2) is 16.6 Å². The van der Waals surface area contributed by atoms with Gasteiger partial charge in [-0.3, -0.25) is 0 Å². The summed E-state index contributed by atoms with van der Waals surface area (Å²) in [6, 6.07) is 3.16. The third kappa shape index (κ3) is 3.97. The predicted octanol–water partition coefficient (Wildman–Crippen LogP) is 3.26. The molecule has 0 aliphatic rings. The van der Waals surface area contributed by atoms with E-state index in [-0.39, 0.29) is 30.1 Å². The number of ether oxygens (including phenoxy) is 1. The fourth-order valence-electron chi connectivity index (χ4n) is 1.08. The van der Waals surface area contributed by atoms with E-state index in [0.29, 0.717) is 11.0 Å². The van der Waals surface area contributed by atoms with Gasteiger partial charge in [0.1, 0.15) is 0 Å². The third-order valence-electron chi connectivity index (χ3n) is 1.65. The van der Waals surface area contributed by atoms with Gasteiger partial charge in [-0.25, -0.2) is 4.39 Å². The van der Waals surface area contributed by atoms with E-state index >= 15 is 0 Å². The van der Waals surface area contributed by atoms with Gasteiger partial charge in [0.05, 0.1) is 10.6 Å². The van der Waals surface area contributed by atoms with Crippen LogP contribution >= 0.6 is 28.3 Å². The molecular weight excluding hydrogens is 284 g/mol. The lowest BCUT2D eigenvalue weighted by molar-refractivity contribution is 0.229. The van der Waals surface area contributed by atoms with E-state index in [2.05, 4.69) is 15.9 Å². The standard InChI is InChI=1S/C10H13BrFNO.ClH/c1-6(2)14-10-8(11)3-7(5-13)4-9(10)12;/h3-4,6H,5,13H2,1-2H3;1H. The molecule has 1 rings (SSSR count). The van der Waals surface area contributed by atoms with Crippen LogP contribution < -0.4 is 10.5 Å². The van der Waals surface area contributed by atoms with Crippen molar-refractivity contribution >= 4 is 28.3 Å². The number of halogens is 3. The second kappa shape index (κ2) is 6.30. The zero-order valence-corrected chi connectivity index (χ0v) is 11.0. The van der Waals surface area contributed by atoms with Gasteiger partial charge in [-0.05, 0) is 47.5 Å². The van der Waals surface area contributed by atoms with Gasteiger partial charge in [0, 0.05) is 6.54 Å². The van der Waals surface area contributed by atoms with Crippen LogP contribution in [0.5, 0.6) is 5.75 Å². The maximum Gasteiger partial charge on any atom is 0.169 e. The Hall–Kier alpha value is -0.320. The van der Waals surface area contributed by atoms with E-state index in [0.717, 1.165) is 5.56 Å². The summed E-state index contributed by atoms with van der Waals surface area (Å²) < 4.78 is 19.4. The first kappa shape index (κ1) is 14.7. The molecule has 0 aliphatic carbocycles. The van der Waals surface area contributed by atoms with Crippen LogP contribution in [-0.4, -0.2) is 6.10 Å². The average Bonchev–Trinajstić information content (AvgIpc) is 2.10. The van der Waals surface area contributed by atoms with Gasteiger partial charge in [-0.1, -0.05) is 0 Å². The van der Waals surface area contributed by atoms with Crippen molar-refractivity contribution in [2.45, 2.75) is 26.5 Å². The Kier molecular flexibility index (Phi) is 6.17. The van der Waals surface area contributed by atoms with Gasteiger partial charge in [0.2, 0.25) is 0 Å². The molecule has 0 bridgehead atoms. The average molecular weight is 299 g/mol. The molecule has 0 unspecified atom stereocenters. The Morgan fingerprint density at radius 3 is 2.47 bits per heavy atom. The maximum atomic E-state index is 13.4. The molecule has 0 fully saturated rings. The van der Waals surface area contributed by atoms with Gasteiger partial charge >= 0.3 is 0 Å². The molecule has 15 heavy (non-hydrogen) atoms. The number of hydrogen-bond donors (Lipinski definition) is 1. The fraction of sp³-hybridized carbons (Fsp3) is 0.400. The van der Waals surface area contributed by atoms with Crippen molar-refractivity contribution < 1.29 is 9.13 Å². The summed E-state index contributed by atoms with van der Waals surface area (Å²) in [7, 11) is 0. The van der Waals surface area contributed by atoms with E-state index < -0.39 is 0 Å². The number of benzene rings is 1. The quantitative estimate of drug-likeness (QED) is 0.929. The van der Waals surface area contributed by atoms with Gasteiger partial charge in [0.25, 0.3) is 0 Å². The van der Waals surface area contributed by atoms with Crippen LogP contribution in [0.4, 0.5) is 4.39 Å². The maximum absolute atomic E-state index is 13.4. The summed E-state index contributed by atoms with van der Waals surface area (Å²) in [6.45, 7) is 4.02. The molecule has 0 saturated heterocycles. The van der Waals surface area contributed by atoms with Crippen LogP contribution in [-0.2, 0) is 6.54 Å². The van der Waals surface area contributed by atoms with Crippen LogP contribution in [0, 0.1) is 5.82 Å². The highest BCUT2D eigenvalue weighted by Gasteiger charge is 2.11. The Bertz CT molecular complexity index is 310. The minimum Gasteiger partial charge on any atom is -0.487 e. The monoisotopic (exact) mass is 297 g/mol. The van der Waals surface area contributed by atoms with Crippen molar-refractivity contribution in [3.8, 4) is 5.75 Å². The fourth-order valence-corrected chi connectivity index (χ4v) is 1.66. The molecule has 1 aromatic rings. The number of hydrogen-bond acceptors (Lipinski definition) is 2. The first-order valence-corrected chi connectivity index (χ1v) is 5.18. The highest BCUT2D eigenvalue weighted by atomic mass is 79.9. The van der Waals surface area contributed by atoms with Crippen LogP contribution in [0.25, 0.3) is 0 Å². The zero-order chi connectivity index (χ0) is 10.7. The third-order valence-corrected chi connectivity index (χ3v) is 2.24. The number of rotatable bonds is 3. The first-order valence-electron chi connectivity index (χ1n) is 4.39. The van der Waals surface area contributed by atoms with Crippen molar-refractivity contribution in [3.05, 3.63) is 28.0 Å². The normalized spacial score (nSPS) is 10.0. The molecule has 0 aromatic heterocycles. The molecule has 0 radical (unpaired) electrons. The van der Waals surface area contributed by atoms with Crippen LogP contribution in [0.1, 0.15) is 19.4 Å². The van der Waals surface area contributed by atoms with Crippen LogP contribution in [0.3, 0.4) is 0 Å². The Morgan fingerprint density at radius 2 is 2.07 bits per heavy atom. The van der Waals surface area contributed by atoms with Crippen LogP contribution in [0.2, 0.25) is 0 Å². The molecule has 0 spiro atoms. The van der Waals surface area contributed by atoms with Crippen molar-refractivity contribution in [2.75, 3.05) is 0 Å². The van der Waals surface area contributed by atoms with Crippen molar-refractivity contribution in [3.63, 3.8) is 0 Å². The lowest BCUT2D eigenvalue weighted by atomic mass is 10.2. The molecule has 5 heteroatoms. The van der Waals surface area contributed by atoms with Crippen molar-refractivity contribution in [1.29, 1.82) is 0 Å². The minimum absolute atomic E-state index is 0. The molecule has 0 amide bonds. The topological polar surface area (TPSA) is 35.2 Å².